The summed E-state index contributed by atoms with van der Waals surface area (Å²) >= 11 is 0. The minimum atomic E-state index is -0.423. The molecule has 21 heavy (non-hydrogen) atoms. The highest BCUT2D eigenvalue weighted by Gasteiger charge is 2.51. The second kappa shape index (κ2) is 6.13. The summed E-state index contributed by atoms with van der Waals surface area (Å²) in [5.74, 6) is -0.290. The van der Waals surface area contributed by atoms with Crippen LogP contribution in [-0.4, -0.2) is 30.9 Å². The van der Waals surface area contributed by atoms with Crippen molar-refractivity contribution >= 4 is 13.1 Å². The van der Waals surface area contributed by atoms with Gasteiger partial charge in [0.1, 0.15) is 0 Å². The molecule has 1 fully saturated rings. The molecule has 1 heterocycles. The summed E-state index contributed by atoms with van der Waals surface area (Å²) in [6.45, 7) is 16.3. The van der Waals surface area contributed by atoms with Gasteiger partial charge in [0.25, 0.3) is 0 Å². The van der Waals surface area contributed by atoms with Gasteiger partial charge in [-0.1, -0.05) is 26.8 Å². The molecule has 1 saturated heterocycles. The highest BCUT2D eigenvalue weighted by molar-refractivity contribution is 6.47. The summed E-state index contributed by atoms with van der Waals surface area (Å²) < 4.78 is 17.1. The van der Waals surface area contributed by atoms with E-state index >= 15 is 0 Å². The number of ether oxygens (including phenoxy) is 1. The molecule has 0 aromatic heterocycles. The molecular formula is C16H29BO4. The van der Waals surface area contributed by atoms with E-state index in [0.29, 0.717) is 18.5 Å². The average molecular weight is 296 g/mol. The SMILES string of the molecule is CCOC(=O)/C(=C/C(C)(C)C)CB1OC(C)(C)C(C)(C)O1. The average Bonchev–Trinajstić information content (AvgIpc) is 2.44. The molecule has 0 radical (unpaired) electrons. The molecular weight excluding hydrogens is 267 g/mol. The summed E-state index contributed by atoms with van der Waals surface area (Å²) in [5, 5.41) is 0. The van der Waals surface area contributed by atoms with Crippen LogP contribution in [0.25, 0.3) is 0 Å². The Bertz CT molecular complexity index is 402. The van der Waals surface area contributed by atoms with Gasteiger partial charge in [-0.25, -0.2) is 4.79 Å². The van der Waals surface area contributed by atoms with E-state index in [1.54, 1.807) is 6.92 Å². The van der Waals surface area contributed by atoms with Crippen LogP contribution in [0, 0.1) is 5.41 Å². The Hall–Kier alpha value is -0.805. The van der Waals surface area contributed by atoms with E-state index in [1.165, 1.54) is 0 Å². The van der Waals surface area contributed by atoms with Crippen molar-refractivity contribution in [1.29, 1.82) is 0 Å². The third-order valence-corrected chi connectivity index (χ3v) is 3.83. The highest BCUT2D eigenvalue weighted by Crippen LogP contribution is 2.38. The Balaban J connectivity index is 2.90. The van der Waals surface area contributed by atoms with Crippen LogP contribution in [0.2, 0.25) is 6.32 Å². The molecule has 5 heteroatoms. The molecule has 0 atom stereocenters. The van der Waals surface area contributed by atoms with E-state index in [-0.39, 0.29) is 22.6 Å². The Labute approximate surface area is 129 Å². The number of carbonyl (C=O) groups excluding carboxylic acids is 1. The molecule has 0 spiro atoms. The molecule has 0 N–H and O–H groups in total. The zero-order chi connectivity index (χ0) is 16.5. The van der Waals surface area contributed by atoms with Crippen LogP contribution < -0.4 is 0 Å². The molecule has 1 aliphatic rings. The van der Waals surface area contributed by atoms with Crippen LogP contribution in [0.1, 0.15) is 55.4 Å². The molecule has 0 aliphatic carbocycles. The minimum absolute atomic E-state index is 0.105. The normalized spacial score (nSPS) is 21.5. The summed E-state index contributed by atoms with van der Waals surface area (Å²) in [4.78, 5) is 12.1. The first-order valence-corrected chi connectivity index (χ1v) is 7.62. The fourth-order valence-electron chi connectivity index (χ4n) is 2.18. The molecule has 0 amide bonds. The van der Waals surface area contributed by atoms with Crippen molar-refractivity contribution in [3.05, 3.63) is 11.6 Å². The Kier molecular flexibility index (Phi) is 5.33. The van der Waals surface area contributed by atoms with Crippen LogP contribution in [0.3, 0.4) is 0 Å². The van der Waals surface area contributed by atoms with E-state index in [4.69, 9.17) is 14.0 Å². The van der Waals surface area contributed by atoms with Gasteiger partial charge in [-0.3, -0.25) is 0 Å². The van der Waals surface area contributed by atoms with Gasteiger partial charge in [-0.15, -0.1) is 0 Å². The summed E-state index contributed by atoms with van der Waals surface area (Å²) in [7, 11) is -0.423. The molecule has 1 rings (SSSR count). The molecule has 120 valence electrons. The van der Waals surface area contributed by atoms with Gasteiger partial charge in [0.2, 0.25) is 0 Å². The maximum Gasteiger partial charge on any atom is 0.462 e. The predicted octanol–water partition coefficient (Wildman–Crippen LogP) is 3.61. The maximum absolute atomic E-state index is 12.1. The number of esters is 1. The third-order valence-electron chi connectivity index (χ3n) is 3.83. The fraction of sp³-hybridized carbons (Fsp3) is 0.812. The van der Waals surface area contributed by atoms with E-state index < -0.39 is 7.12 Å². The quantitative estimate of drug-likeness (QED) is 0.451. The van der Waals surface area contributed by atoms with Crippen LogP contribution in [-0.2, 0) is 18.8 Å². The molecule has 4 nitrogen and oxygen atoms in total. The smallest absolute Gasteiger partial charge is 0.462 e. The molecule has 0 unspecified atom stereocenters. The lowest BCUT2D eigenvalue weighted by Crippen LogP contribution is -2.41. The van der Waals surface area contributed by atoms with Crippen molar-refractivity contribution in [3.8, 4) is 0 Å². The summed E-state index contributed by atoms with van der Waals surface area (Å²) in [6, 6.07) is 0. The van der Waals surface area contributed by atoms with Crippen molar-refractivity contribution < 1.29 is 18.8 Å². The number of allylic oxidation sites excluding steroid dienone is 1. The van der Waals surface area contributed by atoms with Gasteiger partial charge < -0.3 is 14.0 Å². The first kappa shape index (κ1) is 18.2. The molecule has 0 bridgehead atoms. The van der Waals surface area contributed by atoms with Gasteiger partial charge in [-0.05, 0) is 40.0 Å². The predicted molar refractivity (Wildman–Crippen MR) is 85.1 cm³/mol. The van der Waals surface area contributed by atoms with Crippen molar-refractivity contribution in [2.75, 3.05) is 6.61 Å². The second-order valence-corrected chi connectivity index (χ2v) is 7.65. The molecule has 0 saturated carbocycles. The Morgan fingerprint density at radius 1 is 1.14 bits per heavy atom. The van der Waals surface area contributed by atoms with Crippen molar-refractivity contribution in [1.82, 2.24) is 0 Å². The molecule has 0 aromatic carbocycles. The van der Waals surface area contributed by atoms with E-state index in [9.17, 15) is 4.79 Å². The largest absolute Gasteiger partial charge is 0.463 e. The van der Waals surface area contributed by atoms with Gasteiger partial charge >= 0.3 is 13.1 Å². The number of hydrogen-bond donors (Lipinski definition) is 0. The lowest BCUT2D eigenvalue weighted by molar-refractivity contribution is -0.138. The third kappa shape index (κ3) is 4.85. The monoisotopic (exact) mass is 296 g/mol. The van der Waals surface area contributed by atoms with E-state index in [1.807, 2.05) is 33.8 Å². The van der Waals surface area contributed by atoms with E-state index in [2.05, 4.69) is 20.8 Å². The zero-order valence-corrected chi connectivity index (χ0v) is 14.7. The summed E-state index contributed by atoms with van der Waals surface area (Å²) in [6.07, 6.45) is 2.35. The van der Waals surface area contributed by atoms with Gasteiger partial charge in [0.15, 0.2) is 0 Å². The Morgan fingerprint density at radius 2 is 1.62 bits per heavy atom. The van der Waals surface area contributed by atoms with Crippen LogP contribution in [0.5, 0.6) is 0 Å². The summed E-state index contributed by atoms with van der Waals surface area (Å²) in [5.41, 5.74) is -0.271. The first-order chi connectivity index (χ1) is 9.38. The fourth-order valence-corrected chi connectivity index (χ4v) is 2.18. The van der Waals surface area contributed by atoms with Gasteiger partial charge in [-0.2, -0.15) is 0 Å². The van der Waals surface area contributed by atoms with Gasteiger partial charge in [0, 0.05) is 11.9 Å². The minimum Gasteiger partial charge on any atom is -0.463 e. The second-order valence-electron chi connectivity index (χ2n) is 7.65. The zero-order valence-electron chi connectivity index (χ0n) is 14.7. The number of carbonyl (C=O) groups is 1. The van der Waals surface area contributed by atoms with Crippen LogP contribution >= 0.6 is 0 Å². The maximum atomic E-state index is 12.1. The first-order valence-electron chi connectivity index (χ1n) is 7.62. The lowest BCUT2D eigenvalue weighted by atomic mass is 9.78. The number of rotatable bonds is 4. The van der Waals surface area contributed by atoms with Crippen molar-refractivity contribution in [3.63, 3.8) is 0 Å². The van der Waals surface area contributed by atoms with Gasteiger partial charge in [0.05, 0.1) is 17.8 Å². The van der Waals surface area contributed by atoms with E-state index in [0.717, 1.165) is 0 Å². The molecule has 1 aliphatic heterocycles. The van der Waals surface area contributed by atoms with Crippen molar-refractivity contribution in [2.45, 2.75) is 72.9 Å². The van der Waals surface area contributed by atoms with Crippen LogP contribution in [0.4, 0.5) is 0 Å². The lowest BCUT2D eigenvalue weighted by Gasteiger charge is -2.32. The standard InChI is InChI=1S/C16H29BO4/c1-9-19-13(18)12(10-14(2,3)4)11-17-20-15(5,6)16(7,8)21-17/h10H,9,11H2,1-8H3/b12-10+. The highest BCUT2D eigenvalue weighted by atomic mass is 16.7. The number of hydrogen-bond acceptors (Lipinski definition) is 4. The topological polar surface area (TPSA) is 44.8 Å². The van der Waals surface area contributed by atoms with Crippen molar-refractivity contribution in [2.24, 2.45) is 5.41 Å². The van der Waals surface area contributed by atoms with Crippen LogP contribution in [0.15, 0.2) is 11.6 Å². The molecule has 0 aromatic rings. The Morgan fingerprint density at radius 3 is 2.00 bits per heavy atom.